The number of unbranched alkanes of at least 4 members (excludes halogenated alkanes) is 3. The second-order valence-corrected chi connectivity index (χ2v) is 7.15. The van der Waals surface area contributed by atoms with Gasteiger partial charge in [0.1, 0.15) is 0 Å². The lowest BCUT2D eigenvalue weighted by atomic mass is 9.92. The van der Waals surface area contributed by atoms with E-state index in [0.717, 1.165) is 5.92 Å². The fourth-order valence-corrected chi connectivity index (χ4v) is 4.04. The lowest BCUT2D eigenvalue weighted by Crippen LogP contribution is -2.06. The Morgan fingerprint density at radius 3 is 2.55 bits per heavy atom. The van der Waals surface area contributed by atoms with Crippen molar-refractivity contribution < 1.29 is 0 Å². The highest BCUT2D eigenvalue weighted by Gasteiger charge is 2.18. The third kappa shape index (κ3) is 5.01. The summed E-state index contributed by atoms with van der Waals surface area (Å²) in [6.45, 7) is 4.46. The minimum Gasteiger partial charge on any atom is -0.130 e. The van der Waals surface area contributed by atoms with Crippen LogP contribution < -0.4 is 0 Å². The molecule has 0 spiro atoms. The monoisotopic (exact) mass is 288 g/mol. The van der Waals surface area contributed by atoms with Crippen LogP contribution in [0.4, 0.5) is 0 Å². The van der Waals surface area contributed by atoms with E-state index in [1.807, 2.05) is 0 Å². The molecular weight excluding hydrogens is 260 g/mol. The minimum absolute atomic E-state index is 0.766. The van der Waals surface area contributed by atoms with Crippen LogP contribution in [0, 0.1) is 12.8 Å². The maximum Gasteiger partial charge on any atom is 0.00118 e. The third-order valence-corrected chi connectivity index (χ3v) is 5.42. The Labute approximate surface area is 129 Å². The summed E-state index contributed by atoms with van der Waals surface area (Å²) >= 11 is 2.10. The number of allylic oxidation sites excluding steroid dienone is 2. The van der Waals surface area contributed by atoms with Gasteiger partial charge in [0.15, 0.2) is 0 Å². The first-order chi connectivity index (χ1) is 9.79. The van der Waals surface area contributed by atoms with Gasteiger partial charge in [0, 0.05) is 5.75 Å². The topological polar surface area (TPSA) is 0 Å². The Hall–Kier alpha value is -0.690. The summed E-state index contributed by atoms with van der Waals surface area (Å²) in [6.07, 6.45) is 11.9. The van der Waals surface area contributed by atoms with Gasteiger partial charge in [-0.25, -0.2) is 0 Å². The van der Waals surface area contributed by atoms with Crippen LogP contribution in [0.2, 0.25) is 0 Å². The van der Waals surface area contributed by atoms with Crippen molar-refractivity contribution in [3.8, 4) is 0 Å². The average Bonchev–Trinajstić information content (AvgIpc) is 2.98. The summed E-state index contributed by atoms with van der Waals surface area (Å²) < 4.78 is 0. The molecule has 0 saturated heterocycles. The zero-order valence-corrected chi connectivity index (χ0v) is 13.8. The van der Waals surface area contributed by atoms with Crippen LogP contribution in [0.3, 0.4) is 0 Å². The van der Waals surface area contributed by atoms with Crippen molar-refractivity contribution in [1.29, 1.82) is 0 Å². The Morgan fingerprint density at radius 2 is 1.90 bits per heavy atom. The molecule has 20 heavy (non-hydrogen) atoms. The summed E-state index contributed by atoms with van der Waals surface area (Å²) in [5.74, 6) is 2.07. The van der Waals surface area contributed by atoms with Gasteiger partial charge in [0.05, 0.1) is 0 Å². The van der Waals surface area contributed by atoms with E-state index in [-0.39, 0.29) is 0 Å². The van der Waals surface area contributed by atoms with E-state index in [1.165, 1.54) is 61.8 Å². The molecule has 0 radical (unpaired) electrons. The molecule has 0 fully saturated rings. The average molecular weight is 288 g/mol. The summed E-state index contributed by atoms with van der Waals surface area (Å²) in [6, 6.07) is 9.13. The van der Waals surface area contributed by atoms with Crippen LogP contribution in [-0.4, -0.2) is 5.75 Å². The van der Waals surface area contributed by atoms with Gasteiger partial charge in [-0.15, -0.1) is 11.8 Å². The molecule has 1 heterocycles. The van der Waals surface area contributed by atoms with E-state index in [9.17, 15) is 0 Å². The number of hydrogen-bond donors (Lipinski definition) is 0. The van der Waals surface area contributed by atoms with Crippen molar-refractivity contribution in [2.45, 2.75) is 58.8 Å². The van der Waals surface area contributed by atoms with Gasteiger partial charge in [-0.3, -0.25) is 0 Å². The fourth-order valence-electron chi connectivity index (χ4n) is 2.89. The van der Waals surface area contributed by atoms with Gasteiger partial charge in [-0.05, 0) is 42.6 Å². The number of rotatable bonds is 8. The van der Waals surface area contributed by atoms with E-state index in [0.29, 0.717) is 0 Å². The molecule has 110 valence electrons. The first-order valence-corrected chi connectivity index (χ1v) is 9.16. The third-order valence-electron chi connectivity index (χ3n) is 4.14. The smallest absolute Gasteiger partial charge is 0.00118 e. The maximum absolute atomic E-state index is 2.49. The molecule has 0 N–H and O–H groups in total. The number of hydrogen-bond acceptors (Lipinski definition) is 1. The van der Waals surface area contributed by atoms with Crippen molar-refractivity contribution in [3.05, 3.63) is 46.4 Å². The standard InChI is InChI=1S/C19H28S/c1-3-4-5-6-8-18(19-9-7-14-20-19)15-17-12-10-16(2)11-13-17/h9-13,18H,3-8,14-15H2,1-2H3. The van der Waals surface area contributed by atoms with Crippen LogP contribution in [-0.2, 0) is 6.42 Å². The Bertz CT molecular complexity index is 416. The Balaban J connectivity index is 1.93. The molecule has 1 aromatic rings. The normalized spacial score (nSPS) is 16.2. The van der Waals surface area contributed by atoms with Crippen molar-refractivity contribution in [3.63, 3.8) is 0 Å². The fraction of sp³-hybridized carbons (Fsp3) is 0.579. The van der Waals surface area contributed by atoms with Crippen molar-refractivity contribution in [2.75, 3.05) is 5.75 Å². The highest BCUT2D eigenvalue weighted by molar-refractivity contribution is 8.03. The summed E-state index contributed by atoms with van der Waals surface area (Å²) in [5.41, 5.74) is 2.87. The molecule has 2 rings (SSSR count). The van der Waals surface area contributed by atoms with Gasteiger partial charge >= 0.3 is 0 Å². The molecule has 1 unspecified atom stereocenters. The summed E-state index contributed by atoms with van der Waals surface area (Å²) in [4.78, 5) is 1.67. The van der Waals surface area contributed by atoms with E-state index in [1.54, 1.807) is 4.91 Å². The van der Waals surface area contributed by atoms with E-state index in [4.69, 9.17) is 0 Å². The van der Waals surface area contributed by atoms with Gasteiger partial charge in [-0.2, -0.15) is 0 Å². The molecule has 1 atom stereocenters. The number of aryl methyl sites for hydroxylation is 1. The van der Waals surface area contributed by atoms with E-state index in [2.05, 4.69) is 56.0 Å². The van der Waals surface area contributed by atoms with Crippen molar-refractivity contribution >= 4 is 11.8 Å². The summed E-state index contributed by atoms with van der Waals surface area (Å²) in [5, 5.41) is 0. The maximum atomic E-state index is 2.49. The number of thioether (sulfide) groups is 1. The molecule has 0 aliphatic carbocycles. The van der Waals surface area contributed by atoms with E-state index >= 15 is 0 Å². The first-order valence-electron chi connectivity index (χ1n) is 8.18. The molecule has 0 nitrogen and oxygen atoms in total. The SMILES string of the molecule is CCCCCCC(Cc1ccc(C)cc1)C1=CCCS1. The molecule has 0 aromatic heterocycles. The highest BCUT2D eigenvalue weighted by Crippen LogP contribution is 2.36. The lowest BCUT2D eigenvalue weighted by molar-refractivity contribution is 0.522. The quantitative estimate of drug-likeness (QED) is 0.517. The molecule has 0 amide bonds. The van der Waals surface area contributed by atoms with Gasteiger partial charge in [0.25, 0.3) is 0 Å². The van der Waals surface area contributed by atoms with Gasteiger partial charge in [0.2, 0.25) is 0 Å². The van der Waals surface area contributed by atoms with Crippen LogP contribution in [0.15, 0.2) is 35.2 Å². The van der Waals surface area contributed by atoms with Crippen LogP contribution in [0.25, 0.3) is 0 Å². The predicted octanol–water partition coefficient (Wildman–Crippen LogP) is 6.14. The second kappa shape index (κ2) is 8.56. The zero-order valence-electron chi connectivity index (χ0n) is 13.0. The molecule has 1 heteroatoms. The van der Waals surface area contributed by atoms with Gasteiger partial charge < -0.3 is 0 Å². The van der Waals surface area contributed by atoms with Crippen LogP contribution in [0.1, 0.15) is 56.6 Å². The first kappa shape index (κ1) is 15.7. The highest BCUT2D eigenvalue weighted by atomic mass is 32.2. The molecular formula is C19H28S. The predicted molar refractivity (Wildman–Crippen MR) is 92.3 cm³/mol. The number of benzene rings is 1. The van der Waals surface area contributed by atoms with Crippen molar-refractivity contribution in [2.24, 2.45) is 5.92 Å². The molecule has 0 bridgehead atoms. The minimum atomic E-state index is 0.766. The molecule has 0 saturated carbocycles. The largest absolute Gasteiger partial charge is 0.130 e. The Morgan fingerprint density at radius 1 is 1.10 bits per heavy atom. The van der Waals surface area contributed by atoms with Crippen molar-refractivity contribution in [1.82, 2.24) is 0 Å². The summed E-state index contributed by atoms with van der Waals surface area (Å²) in [7, 11) is 0. The molecule has 1 aliphatic heterocycles. The van der Waals surface area contributed by atoms with E-state index < -0.39 is 0 Å². The lowest BCUT2D eigenvalue weighted by Gasteiger charge is -2.18. The zero-order chi connectivity index (χ0) is 14.2. The Kier molecular flexibility index (Phi) is 6.72. The second-order valence-electron chi connectivity index (χ2n) is 5.98. The van der Waals surface area contributed by atoms with Crippen LogP contribution >= 0.6 is 11.8 Å². The van der Waals surface area contributed by atoms with Crippen LogP contribution in [0.5, 0.6) is 0 Å². The van der Waals surface area contributed by atoms with Gasteiger partial charge in [-0.1, -0.05) is 68.5 Å². The molecule has 1 aliphatic rings. The molecule has 1 aromatic carbocycles.